The van der Waals surface area contributed by atoms with Crippen LogP contribution in [-0.2, 0) is 4.79 Å². The number of nitrogens with two attached hydrogens (primary N) is 1. The van der Waals surface area contributed by atoms with Crippen LogP contribution >= 0.6 is 0 Å². The average Bonchev–Trinajstić information content (AvgIpc) is 3.18. The third-order valence-corrected chi connectivity index (χ3v) is 4.99. The van der Waals surface area contributed by atoms with Gasteiger partial charge >= 0.3 is 0 Å². The minimum Gasteiger partial charge on any atom is -0.402 e. The van der Waals surface area contributed by atoms with Crippen LogP contribution in [0.5, 0.6) is 0 Å². The van der Waals surface area contributed by atoms with Crippen molar-refractivity contribution in [1.29, 1.82) is 0 Å². The van der Waals surface area contributed by atoms with Gasteiger partial charge < -0.3 is 11.1 Å². The Morgan fingerprint density at radius 3 is 2.45 bits per heavy atom. The van der Waals surface area contributed by atoms with Gasteiger partial charge in [0.1, 0.15) is 11.6 Å². The Morgan fingerprint density at radius 1 is 1.34 bits per heavy atom. The van der Waals surface area contributed by atoms with Crippen LogP contribution < -0.4 is 11.1 Å². The topological polar surface area (TPSA) is 68.0 Å². The number of carbonyl (C=O) groups is 1. The molecule has 0 aliphatic heterocycles. The molecule has 29 heavy (non-hydrogen) atoms. The van der Waals surface area contributed by atoms with Crippen LogP contribution in [0.1, 0.15) is 85.5 Å². The van der Waals surface area contributed by atoms with E-state index in [1.807, 2.05) is 24.3 Å². The van der Waals surface area contributed by atoms with Crippen molar-refractivity contribution in [3.8, 4) is 0 Å². The number of nitrogens with zero attached hydrogens (tertiary/aromatic N) is 1. The number of hydrogen-bond acceptors (Lipinski definition) is 4. The molecule has 1 heterocycles. The summed E-state index contributed by atoms with van der Waals surface area (Å²) in [7, 11) is 0. The van der Waals surface area contributed by atoms with Gasteiger partial charge in [-0.25, -0.2) is 4.98 Å². The van der Waals surface area contributed by atoms with Crippen molar-refractivity contribution in [2.45, 2.75) is 85.5 Å². The van der Waals surface area contributed by atoms with E-state index in [4.69, 9.17) is 5.73 Å². The highest BCUT2D eigenvalue weighted by Crippen LogP contribution is 2.23. The highest BCUT2D eigenvalue weighted by Gasteiger charge is 2.14. The monoisotopic (exact) mass is 401 g/mol. The van der Waals surface area contributed by atoms with E-state index >= 15 is 0 Å². The van der Waals surface area contributed by atoms with Crippen molar-refractivity contribution < 1.29 is 4.79 Å². The quantitative estimate of drug-likeness (QED) is 0.474. The summed E-state index contributed by atoms with van der Waals surface area (Å²) in [5, 5.41) is 2.86. The van der Waals surface area contributed by atoms with Crippen molar-refractivity contribution in [2.75, 3.05) is 5.32 Å². The third kappa shape index (κ3) is 15.5. The molecule has 1 saturated carbocycles. The van der Waals surface area contributed by atoms with Crippen molar-refractivity contribution in [2.24, 2.45) is 17.6 Å². The lowest BCUT2D eigenvalue weighted by atomic mass is 9.93. The van der Waals surface area contributed by atoms with Crippen molar-refractivity contribution in [3.63, 3.8) is 0 Å². The first-order chi connectivity index (χ1) is 13.9. The van der Waals surface area contributed by atoms with Gasteiger partial charge in [0.15, 0.2) is 0 Å². The number of unbranched alkanes of at least 4 members (excludes halogenated alkanes) is 1. The Hall–Kier alpha value is -2.10. The summed E-state index contributed by atoms with van der Waals surface area (Å²) in [4.78, 5) is 15.3. The molecular weight excluding hydrogens is 358 g/mol. The van der Waals surface area contributed by atoms with Crippen molar-refractivity contribution >= 4 is 11.6 Å². The summed E-state index contributed by atoms with van der Waals surface area (Å²) in [5.41, 5.74) is 6.67. The number of aromatic nitrogens is 1. The van der Waals surface area contributed by atoms with E-state index in [0.29, 0.717) is 0 Å². The Bertz CT molecular complexity index is 563. The van der Waals surface area contributed by atoms with Crippen molar-refractivity contribution in [3.05, 3.63) is 48.9 Å². The fourth-order valence-corrected chi connectivity index (χ4v) is 3.21. The lowest BCUT2D eigenvalue weighted by Gasteiger charge is -2.13. The SMILES string of the molecule is C=CNc1ccccn1.CC/C=C(\N)CC(CCCC)C(C)=O.CC1CCCC1. The Morgan fingerprint density at radius 2 is 2.03 bits per heavy atom. The number of Topliss-reactive ketones (excluding diaryl/α,β-unsaturated/α-hetero) is 1. The second kappa shape index (κ2) is 18.0. The van der Waals surface area contributed by atoms with Gasteiger partial charge in [0, 0.05) is 17.8 Å². The van der Waals surface area contributed by atoms with Gasteiger partial charge in [-0.05, 0) is 50.4 Å². The molecule has 3 N–H and O–H groups in total. The van der Waals surface area contributed by atoms with Crippen molar-refractivity contribution in [1.82, 2.24) is 4.98 Å². The predicted molar refractivity (Wildman–Crippen MR) is 127 cm³/mol. The summed E-state index contributed by atoms with van der Waals surface area (Å²) < 4.78 is 0. The molecule has 0 aromatic carbocycles. The van der Waals surface area contributed by atoms with Crippen LogP contribution in [0.3, 0.4) is 0 Å². The number of anilines is 1. The average molecular weight is 402 g/mol. The molecule has 1 aromatic rings. The molecule has 1 aromatic heterocycles. The van der Waals surface area contributed by atoms with E-state index in [9.17, 15) is 4.79 Å². The third-order valence-electron chi connectivity index (χ3n) is 4.99. The first kappa shape index (κ1) is 26.9. The Labute approximate surface area is 179 Å². The predicted octanol–water partition coefficient (Wildman–Crippen LogP) is 6.86. The van der Waals surface area contributed by atoms with E-state index in [-0.39, 0.29) is 11.7 Å². The molecule has 1 fully saturated rings. The van der Waals surface area contributed by atoms with E-state index in [0.717, 1.165) is 49.5 Å². The van der Waals surface area contributed by atoms with Crippen LogP contribution in [0.25, 0.3) is 0 Å². The second-order valence-electron chi connectivity index (χ2n) is 7.79. The molecule has 0 saturated heterocycles. The van der Waals surface area contributed by atoms with Crippen LogP contribution in [0.2, 0.25) is 0 Å². The summed E-state index contributed by atoms with van der Waals surface area (Å²) >= 11 is 0. The van der Waals surface area contributed by atoms with Gasteiger partial charge in [-0.2, -0.15) is 0 Å². The molecule has 1 aliphatic carbocycles. The summed E-state index contributed by atoms with van der Waals surface area (Å²) in [5.74, 6) is 2.28. The van der Waals surface area contributed by atoms with Crippen LogP contribution in [0, 0.1) is 11.8 Å². The second-order valence-corrected chi connectivity index (χ2v) is 7.79. The van der Waals surface area contributed by atoms with Crippen LogP contribution in [0.15, 0.2) is 48.9 Å². The molecule has 1 aliphatic rings. The van der Waals surface area contributed by atoms with Gasteiger partial charge in [0.25, 0.3) is 0 Å². The first-order valence-electron chi connectivity index (χ1n) is 11.2. The molecule has 0 radical (unpaired) electrons. The normalized spacial score (nSPS) is 14.7. The largest absolute Gasteiger partial charge is 0.402 e. The number of rotatable bonds is 9. The number of pyridine rings is 1. The molecule has 0 amide bonds. The first-order valence-corrected chi connectivity index (χ1v) is 11.2. The highest BCUT2D eigenvalue weighted by molar-refractivity contribution is 5.78. The van der Waals surface area contributed by atoms with Gasteiger partial charge in [-0.1, -0.05) is 78.0 Å². The maximum absolute atomic E-state index is 11.3. The summed E-state index contributed by atoms with van der Waals surface area (Å²) in [6, 6.07) is 5.66. The molecule has 1 unspecified atom stereocenters. The maximum atomic E-state index is 11.3. The number of ketones is 1. The lowest BCUT2D eigenvalue weighted by Crippen LogP contribution is -2.14. The highest BCUT2D eigenvalue weighted by atomic mass is 16.1. The minimum atomic E-state index is 0.137. The molecule has 1 atom stereocenters. The lowest BCUT2D eigenvalue weighted by molar-refractivity contribution is -0.120. The number of nitrogens with one attached hydrogen (secondary N) is 1. The van der Waals surface area contributed by atoms with E-state index in [1.165, 1.54) is 25.7 Å². The zero-order valence-electron chi connectivity index (χ0n) is 19.1. The molecule has 4 heteroatoms. The number of allylic oxidation sites excluding steroid dienone is 2. The zero-order valence-corrected chi connectivity index (χ0v) is 19.1. The summed E-state index contributed by atoms with van der Waals surface area (Å²) in [6.45, 7) is 11.7. The number of hydrogen-bond donors (Lipinski definition) is 2. The van der Waals surface area contributed by atoms with Crippen LogP contribution in [-0.4, -0.2) is 10.8 Å². The fourth-order valence-electron chi connectivity index (χ4n) is 3.21. The smallest absolute Gasteiger partial charge is 0.133 e. The van der Waals surface area contributed by atoms with Gasteiger partial charge in [-0.15, -0.1) is 0 Å². The zero-order chi connectivity index (χ0) is 21.9. The summed E-state index contributed by atoms with van der Waals surface area (Å²) in [6.07, 6.45) is 16.2. The molecule has 0 spiro atoms. The maximum Gasteiger partial charge on any atom is 0.133 e. The molecular formula is C25H43N3O. The van der Waals surface area contributed by atoms with E-state index < -0.39 is 0 Å². The Balaban J connectivity index is 0.000000442. The standard InChI is InChI=1S/C12H23NO.C7H8N2.C6H12/c1-4-6-8-11(10(3)14)9-12(13)7-5-2;1-2-8-7-5-3-4-6-9-7;1-6-4-2-3-5-6/h7,11H,4-6,8-9,13H2,1-3H3;2-6H,1H2,(H,8,9);6H,2-5H2,1H3/b12-7-;;. The molecule has 0 bridgehead atoms. The number of carbonyl (C=O) groups excluding carboxylic acids is 1. The van der Waals surface area contributed by atoms with Gasteiger partial charge in [0.05, 0.1) is 0 Å². The van der Waals surface area contributed by atoms with Gasteiger partial charge in [-0.3, -0.25) is 4.79 Å². The Kier molecular flexibility index (Phi) is 16.7. The molecule has 164 valence electrons. The molecule has 2 rings (SSSR count). The molecule has 4 nitrogen and oxygen atoms in total. The fraction of sp³-hybridized carbons (Fsp3) is 0.600. The van der Waals surface area contributed by atoms with Gasteiger partial charge in [0.2, 0.25) is 0 Å². The minimum absolute atomic E-state index is 0.137. The van der Waals surface area contributed by atoms with E-state index in [1.54, 1.807) is 19.3 Å². The van der Waals surface area contributed by atoms with Crippen LogP contribution in [0.4, 0.5) is 5.82 Å². The van der Waals surface area contributed by atoms with E-state index in [2.05, 4.69) is 37.7 Å².